The van der Waals surface area contributed by atoms with Crippen LogP contribution < -0.4 is 10.4 Å². The minimum absolute atomic E-state index is 0.0896. The van der Waals surface area contributed by atoms with Gasteiger partial charge in [0.15, 0.2) is 0 Å². The van der Waals surface area contributed by atoms with Gasteiger partial charge in [-0.2, -0.15) is 0 Å². The van der Waals surface area contributed by atoms with Crippen LogP contribution in [0.1, 0.15) is 29.2 Å². The molecule has 3 aromatic rings. The number of oxime groups is 1. The summed E-state index contributed by atoms with van der Waals surface area (Å²) in [6.45, 7) is 5.54. The number of hydrogen-bond donors (Lipinski definition) is 0. The van der Waals surface area contributed by atoms with Crippen LogP contribution in [0.2, 0.25) is 0 Å². The van der Waals surface area contributed by atoms with Crippen molar-refractivity contribution in [3.8, 4) is 11.7 Å². The van der Waals surface area contributed by atoms with Crippen LogP contribution >= 0.6 is 0 Å². The Bertz CT molecular complexity index is 1130. The molecule has 0 aliphatic carbocycles. The van der Waals surface area contributed by atoms with E-state index in [1.54, 1.807) is 26.1 Å². The van der Waals surface area contributed by atoms with Crippen molar-refractivity contribution in [3.63, 3.8) is 0 Å². The molecule has 152 valence electrons. The molecule has 0 atom stereocenters. The van der Waals surface area contributed by atoms with Crippen molar-refractivity contribution in [2.24, 2.45) is 12.2 Å². The first-order chi connectivity index (χ1) is 13.8. The second kappa shape index (κ2) is 8.30. The molecule has 1 aromatic heterocycles. The van der Waals surface area contributed by atoms with E-state index in [2.05, 4.69) is 10.3 Å². The zero-order valence-electron chi connectivity index (χ0n) is 17.1. The average molecular weight is 398 g/mol. The Morgan fingerprint density at radius 1 is 1.24 bits per heavy atom. The van der Waals surface area contributed by atoms with Crippen LogP contribution in [-0.4, -0.2) is 27.2 Å². The summed E-state index contributed by atoms with van der Waals surface area (Å²) in [6.07, 6.45) is 0. The third kappa shape index (κ3) is 4.06. The number of rotatable bonds is 6. The number of aromatic nitrogens is 3. The molecule has 8 heteroatoms. The first-order valence-electron chi connectivity index (χ1n) is 9.05. The summed E-state index contributed by atoms with van der Waals surface area (Å²) in [5, 5.41) is 8.15. The highest BCUT2D eigenvalue weighted by molar-refractivity contribution is 5.98. The molecule has 0 fully saturated rings. The Kier molecular flexibility index (Phi) is 5.81. The second-order valence-electron chi connectivity index (χ2n) is 6.74. The molecule has 29 heavy (non-hydrogen) atoms. The predicted molar refractivity (Wildman–Crippen MR) is 108 cm³/mol. The lowest BCUT2D eigenvalue weighted by Gasteiger charge is -2.13. The summed E-state index contributed by atoms with van der Waals surface area (Å²) in [4.78, 5) is 18.1. The molecule has 0 N–H and O–H groups in total. The Labute approximate surface area is 168 Å². The molecule has 3 rings (SSSR count). The summed E-state index contributed by atoms with van der Waals surface area (Å²) in [5.74, 6) is -0.358. The molecule has 0 unspecified atom stereocenters. The fourth-order valence-electron chi connectivity index (χ4n) is 3.09. The first-order valence-corrected chi connectivity index (χ1v) is 9.05. The van der Waals surface area contributed by atoms with Crippen molar-refractivity contribution < 1.29 is 14.0 Å². The largest absolute Gasteiger partial charge is 0.467 e. The monoisotopic (exact) mass is 398 g/mol. The van der Waals surface area contributed by atoms with Crippen LogP contribution in [0.15, 0.2) is 46.3 Å². The maximum atomic E-state index is 14.0. The zero-order chi connectivity index (χ0) is 21.1. The van der Waals surface area contributed by atoms with Gasteiger partial charge in [0.2, 0.25) is 0 Å². The van der Waals surface area contributed by atoms with Gasteiger partial charge in [-0.3, -0.25) is 0 Å². The van der Waals surface area contributed by atoms with Crippen molar-refractivity contribution >= 4 is 5.71 Å². The van der Waals surface area contributed by atoms with Crippen LogP contribution in [0.4, 0.5) is 4.39 Å². The third-order valence-corrected chi connectivity index (χ3v) is 4.56. The highest BCUT2D eigenvalue weighted by atomic mass is 19.1. The van der Waals surface area contributed by atoms with Crippen LogP contribution in [0.5, 0.6) is 6.01 Å². The number of para-hydroxylation sites is 1. The SMILES string of the molecule is COc1nn(C)c(=O)n1-c1c(C)cccc1CO/N=C(/C)c1cc(C)ccc1F. The molecule has 0 radical (unpaired) electrons. The smallest absolute Gasteiger partial charge is 0.353 e. The number of halogens is 1. The van der Waals surface area contributed by atoms with Gasteiger partial charge in [-0.25, -0.2) is 18.4 Å². The lowest BCUT2D eigenvalue weighted by Crippen LogP contribution is -2.23. The van der Waals surface area contributed by atoms with Crippen LogP contribution in [-0.2, 0) is 18.5 Å². The fourth-order valence-corrected chi connectivity index (χ4v) is 3.09. The van der Waals surface area contributed by atoms with Gasteiger partial charge in [0.25, 0.3) is 0 Å². The zero-order valence-corrected chi connectivity index (χ0v) is 17.1. The highest BCUT2D eigenvalue weighted by Crippen LogP contribution is 2.23. The normalized spacial score (nSPS) is 11.6. The molecule has 0 aliphatic rings. The van der Waals surface area contributed by atoms with Gasteiger partial charge in [-0.15, -0.1) is 5.10 Å². The van der Waals surface area contributed by atoms with Crippen molar-refractivity contribution in [2.45, 2.75) is 27.4 Å². The van der Waals surface area contributed by atoms with Gasteiger partial charge in [-0.05, 0) is 38.5 Å². The number of hydrogen-bond acceptors (Lipinski definition) is 5. The lowest BCUT2D eigenvalue weighted by molar-refractivity contribution is 0.130. The summed E-state index contributed by atoms with van der Waals surface area (Å²) in [7, 11) is 3.01. The molecule has 0 aliphatic heterocycles. The Hall–Kier alpha value is -3.42. The predicted octanol–water partition coefficient (Wildman–Crippen LogP) is 3.28. The van der Waals surface area contributed by atoms with Gasteiger partial charge in [0.05, 0.1) is 18.5 Å². The van der Waals surface area contributed by atoms with E-state index in [-0.39, 0.29) is 24.1 Å². The van der Waals surface area contributed by atoms with Crippen LogP contribution in [0.3, 0.4) is 0 Å². The molecule has 0 bridgehead atoms. The number of ether oxygens (including phenoxy) is 1. The average Bonchev–Trinajstić information content (AvgIpc) is 2.97. The van der Waals surface area contributed by atoms with E-state index in [9.17, 15) is 9.18 Å². The minimum atomic E-state index is -0.358. The Morgan fingerprint density at radius 3 is 2.72 bits per heavy atom. The van der Waals surface area contributed by atoms with Crippen molar-refractivity contribution in [3.05, 3.63) is 75.0 Å². The van der Waals surface area contributed by atoms with Crippen LogP contribution in [0, 0.1) is 19.7 Å². The quantitative estimate of drug-likeness (QED) is 0.472. The van der Waals surface area contributed by atoms with E-state index < -0.39 is 0 Å². The second-order valence-corrected chi connectivity index (χ2v) is 6.74. The number of methoxy groups -OCH3 is 1. The minimum Gasteiger partial charge on any atom is -0.467 e. The topological polar surface area (TPSA) is 70.6 Å². The standard InChI is InChI=1S/C21H23FN4O3/c1-13-9-10-18(22)17(11-13)15(3)24-29-12-16-8-6-7-14(2)19(16)26-20(28-5)23-25(4)21(26)27/h6-11H,12H2,1-5H3/b24-15-. The highest BCUT2D eigenvalue weighted by Gasteiger charge is 2.19. The molecular weight excluding hydrogens is 375 g/mol. The van der Waals surface area contributed by atoms with E-state index in [1.165, 1.54) is 22.4 Å². The van der Waals surface area contributed by atoms with E-state index in [4.69, 9.17) is 9.57 Å². The number of nitrogens with zero attached hydrogens (tertiary/aromatic N) is 4. The Balaban J connectivity index is 1.93. The van der Waals surface area contributed by atoms with Crippen molar-refractivity contribution in [2.75, 3.05) is 7.11 Å². The molecule has 2 aromatic carbocycles. The van der Waals surface area contributed by atoms with Gasteiger partial charge in [0.1, 0.15) is 12.4 Å². The molecule has 0 saturated carbocycles. The summed E-state index contributed by atoms with van der Waals surface area (Å²) in [6, 6.07) is 10.6. The lowest BCUT2D eigenvalue weighted by atomic mass is 10.1. The maximum Gasteiger partial charge on any atom is 0.353 e. The fraction of sp³-hybridized carbons (Fsp3) is 0.286. The summed E-state index contributed by atoms with van der Waals surface area (Å²) < 4.78 is 21.9. The molecule has 0 spiro atoms. The number of benzene rings is 2. The van der Waals surface area contributed by atoms with Gasteiger partial charge < -0.3 is 9.57 Å². The van der Waals surface area contributed by atoms with E-state index in [1.807, 2.05) is 32.0 Å². The molecule has 0 amide bonds. The van der Waals surface area contributed by atoms with Gasteiger partial charge in [-0.1, -0.05) is 35.0 Å². The first kappa shape index (κ1) is 20.3. The van der Waals surface area contributed by atoms with Crippen molar-refractivity contribution in [1.82, 2.24) is 14.3 Å². The van der Waals surface area contributed by atoms with Crippen LogP contribution in [0.25, 0.3) is 5.69 Å². The number of aryl methyl sites for hydroxylation is 3. The van der Waals surface area contributed by atoms with Gasteiger partial charge >= 0.3 is 11.7 Å². The third-order valence-electron chi connectivity index (χ3n) is 4.56. The summed E-state index contributed by atoms with van der Waals surface area (Å²) >= 11 is 0. The van der Waals surface area contributed by atoms with E-state index in [0.29, 0.717) is 17.0 Å². The molecular formula is C21H23FN4O3. The maximum absolute atomic E-state index is 14.0. The van der Waals surface area contributed by atoms with E-state index in [0.717, 1.165) is 16.7 Å². The summed E-state index contributed by atoms with van der Waals surface area (Å²) in [5.41, 5.74) is 3.61. The van der Waals surface area contributed by atoms with Gasteiger partial charge in [0, 0.05) is 18.2 Å². The molecule has 1 heterocycles. The Morgan fingerprint density at radius 2 is 2.00 bits per heavy atom. The van der Waals surface area contributed by atoms with Crippen molar-refractivity contribution in [1.29, 1.82) is 0 Å². The van der Waals surface area contributed by atoms with E-state index >= 15 is 0 Å². The molecule has 0 saturated heterocycles. The molecule has 7 nitrogen and oxygen atoms in total.